The highest BCUT2D eigenvalue weighted by molar-refractivity contribution is 6.30. The van der Waals surface area contributed by atoms with E-state index in [-0.39, 0.29) is 16.5 Å². The zero-order valence-corrected chi connectivity index (χ0v) is 14.1. The van der Waals surface area contributed by atoms with Crippen LogP contribution in [0.2, 0.25) is 5.02 Å². The van der Waals surface area contributed by atoms with Crippen LogP contribution in [0.5, 0.6) is 11.5 Å². The highest BCUT2D eigenvalue weighted by Gasteiger charge is 2.65. The first kappa shape index (κ1) is 19.5. The maximum atomic E-state index is 13.6. The van der Waals surface area contributed by atoms with Gasteiger partial charge in [0.2, 0.25) is 0 Å². The number of benzene rings is 2. The van der Waals surface area contributed by atoms with E-state index in [1.54, 1.807) is 0 Å². The molecule has 2 N–H and O–H groups in total. The third kappa shape index (κ3) is 3.58. The van der Waals surface area contributed by atoms with Crippen molar-refractivity contribution in [2.24, 2.45) is 0 Å². The minimum atomic E-state index is -5.25. The van der Waals surface area contributed by atoms with Crippen molar-refractivity contribution in [2.45, 2.75) is 12.1 Å². The molecule has 0 aromatic heterocycles. The number of hydrogen-bond donors (Lipinski definition) is 2. The summed E-state index contributed by atoms with van der Waals surface area (Å²) in [6, 6.07) is 3.95. The number of halogens is 5. The Hall–Kier alpha value is -3.28. The summed E-state index contributed by atoms with van der Waals surface area (Å²) in [7, 11) is 0. The van der Waals surface area contributed by atoms with Crippen molar-refractivity contribution in [3.05, 3.63) is 57.4 Å². The van der Waals surface area contributed by atoms with Crippen LogP contribution >= 0.6 is 11.6 Å². The Morgan fingerprint density at radius 3 is 2.46 bits per heavy atom. The predicted octanol–water partition coefficient (Wildman–Crippen LogP) is 4.20. The fourth-order valence-corrected chi connectivity index (χ4v) is 2.44. The van der Waals surface area contributed by atoms with Crippen molar-refractivity contribution >= 4 is 29.0 Å². The molecule has 2 aromatic rings. The van der Waals surface area contributed by atoms with Gasteiger partial charge in [0.25, 0.3) is 5.69 Å². The molecule has 1 heterocycles. The number of fused-ring (bicyclic) bond motifs is 1. The summed E-state index contributed by atoms with van der Waals surface area (Å²) < 4.78 is 63.3. The number of hydrogen-bond acceptors (Lipinski definition) is 5. The van der Waals surface area contributed by atoms with Gasteiger partial charge in [0.15, 0.2) is 11.5 Å². The van der Waals surface area contributed by atoms with Crippen LogP contribution in [0.25, 0.3) is 0 Å². The summed E-state index contributed by atoms with van der Waals surface area (Å²) in [5, 5.41) is 14.3. The Labute approximate surface area is 158 Å². The third-order valence-electron chi connectivity index (χ3n) is 3.47. The number of nitrogens with one attached hydrogen (secondary N) is 2. The van der Waals surface area contributed by atoms with Gasteiger partial charge in [-0.25, -0.2) is 9.18 Å². The van der Waals surface area contributed by atoms with Gasteiger partial charge in [0.05, 0.1) is 11.0 Å². The average molecular weight is 422 g/mol. The van der Waals surface area contributed by atoms with Gasteiger partial charge >= 0.3 is 18.1 Å². The van der Waals surface area contributed by atoms with Crippen molar-refractivity contribution in [1.29, 1.82) is 0 Å². The lowest BCUT2D eigenvalue weighted by atomic mass is 10.2. The van der Waals surface area contributed by atoms with Gasteiger partial charge in [0.1, 0.15) is 11.5 Å². The molecular formula is C15H8ClF4N3O5. The smallest absolute Gasteiger partial charge is 0.424 e. The second-order valence-electron chi connectivity index (χ2n) is 5.41. The van der Waals surface area contributed by atoms with Crippen LogP contribution in [0.1, 0.15) is 0 Å². The maximum Gasteiger partial charge on any atom is 0.492 e. The van der Waals surface area contributed by atoms with Crippen LogP contribution in [0.4, 0.5) is 33.7 Å². The molecule has 3 rings (SSSR count). The molecule has 0 bridgehead atoms. The zero-order chi connectivity index (χ0) is 20.7. The molecule has 1 aliphatic rings. The zero-order valence-electron chi connectivity index (χ0n) is 13.3. The van der Waals surface area contributed by atoms with Crippen molar-refractivity contribution < 1.29 is 36.8 Å². The number of urea groups is 1. The predicted molar refractivity (Wildman–Crippen MR) is 86.7 cm³/mol. The summed E-state index contributed by atoms with van der Waals surface area (Å²) in [4.78, 5) is 22.0. The Morgan fingerprint density at radius 1 is 1.14 bits per heavy atom. The highest BCUT2D eigenvalue weighted by atomic mass is 35.5. The fourth-order valence-electron chi connectivity index (χ4n) is 2.28. The van der Waals surface area contributed by atoms with Crippen LogP contribution in [-0.4, -0.2) is 23.0 Å². The molecule has 0 unspecified atom stereocenters. The molecule has 0 saturated heterocycles. The third-order valence-corrected chi connectivity index (χ3v) is 3.70. The minimum absolute atomic E-state index is 0.0618. The van der Waals surface area contributed by atoms with Gasteiger partial charge in [-0.1, -0.05) is 11.6 Å². The number of nitrogens with zero attached hydrogens (tertiary/aromatic N) is 1. The second kappa shape index (κ2) is 6.71. The SMILES string of the molecule is O=C(Nc1ccc(F)cc1[N+](=O)[O-])N[C@]1(C(F)(F)F)Oc2ccc(Cl)cc2O1. The summed E-state index contributed by atoms with van der Waals surface area (Å²) in [5.74, 6) is -5.29. The van der Waals surface area contributed by atoms with Crippen LogP contribution in [0.3, 0.4) is 0 Å². The number of carbonyl (C=O) groups excluding carboxylic acids is 1. The van der Waals surface area contributed by atoms with E-state index in [1.807, 2.05) is 5.32 Å². The lowest BCUT2D eigenvalue weighted by Gasteiger charge is -2.29. The molecular weight excluding hydrogens is 414 g/mol. The monoisotopic (exact) mass is 421 g/mol. The molecule has 2 aromatic carbocycles. The van der Waals surface area contributed by atoms with E-state index in [1.165, 1.54) is 11.4 Å². The first-order valence-corrected chi connectivity index (χ1v) is 7.66. The highest BCUT2D eigenvalue weighted by Crippen LogP contribution is 2.46. The Kier molecular flexibility index (Phi) is 4.67. The van der Waals surface area contributed by atoms with Crippen molar-refractivity contribution in [3.63, 3.8) is 0 Å². The Morgan fingerprint density at radius 2 is 1.82 bits per heavy atom. The number of anilines is 1. The molecule has 0 fully saturated rings. The van der Waals surface area contributed by atoms with Gasteiger partial charge in [-0.05, 0) is 24.3 Å². The molecule has 0 aliphatic carbocycles. The number of nitro groups is 1. The van der Waals surface area contributed by atoms with E-state index >= 15 is 0 Å². The number of nitro benzene ring substituents is 1. The van der Waals surface area contributed by atoms with Crippen LogP contribution in [-0.2, 0) is 0 Å². The standard InChI is InChI=1S/C15H8ClF4N3O5/c16-7-1-4-11-12(5-7)28-15(27-11,14(18,19)20)22-13(24)21-9-3-2-8(17)6-10(9)23(25)26/h1-6H,(H2,21,22,24)/t15-/m1/s1. The number of rotatable bonds is 3. The molecule has 1 aliphatic heterocycles. The van der Waals surface area contributed by atoms with E-state index in [9.17, 15) is 32.5 Å². The van der Waals surface area contributed by atoms with E-state index in [0.29, 0.717) is 6.07 Å². The summed E-state index contributed by atoms with van der Waals surface area (Å²) in [5.41, 5.74) is -1.40. The van der Waals surface area contributed by atoms with Crippen molar-refractivity contribution in [2.75, 3.05) is 5.32 Å². The molecule has 28 heavy (non-hydrogen) atoms. The summed E-state index contributed by atoms with van der Waals surface area (Å²) in [6.07, 6.45) is -5.25. The van der Waals surface area contributed by atoms with E-state index in [4.69, 9.17) is 21.1 Å². The summed E-state index contributed by atoms with van der Waals surface area (Å²) >= 11 is 5.69. The topological polar surface area (TPSA) is 103 Å². The van der Waals surface area contributed by atoms with Crippen LogP contribution in [0, 0.1) is 15.9 Å². The number of carbonyl (C=O) groups is 1. The average Bonchev–Trinajstić information content (AvgIpc) is 2.94. The molecule has 0 spiro atoms. The van der Waals surface area contributed by atoms with Crippen molar-refractivity contribution in [1.82, 2.24) is 5.32 Å². The lowest BCUT2D eigenvalue weighted by Crippen LogP contribution is -2.65. The second-order valence-corrected chi connectivity index (χ2v) is 5.84. The number of amides is 2. The normalized spacial score (nSPS) is 17.9. The molecule has 148 valence electrons. The van der Waals surface area contributed by atoms with Gasteiger partial charge < -0.3 is 14.8 Å². The van der Waals surface area contributed by atoms with Gasteiger partial charge in [-0.2, -0.15) is 13.2 Å². The van der Waals surface area contributed by atoms with Gasteiger partial charge in [0, 0.05) is 11.1 Å². The van der Waals surface area contributed by atoms with E-state index < -0.39 is 40.2 Å². The quantitative estimate of drug-likeness (QED) is 0.439. The lowest BCUT2D eigenvalue weighted by molar-refractivity contribution is -0.384. The first-order chi connectivity index (χ1) is 13.0. The molecule has 0 saturated carbocycles. The molecule has 13 heteroatoms. The Balaban J connectivity index is 1.86. The van der Waals surface area contributed by atoms with E-state index in [2.05, 4.69) is 0 Å². The Bertz CT molecular complexity index is 971. The number of ether oxygens (including phenoxy) is 2. The van der Waals surface area contributed by atoms with Crippen molar-refractivity contribution in [3.8, 4) is 11.5 Å². The summed E-state index contributed by atoms with van der Waals surface area (Å²) in [6.45, 7) is 0. The maximum absolute atomic E-state index is 13.6. The minimum Gasteiger partial charge on any atom is -0.424 e. The van der Waals surface area contributed by atoms with Crippen LogP contribution < -0.4 is 20.1 Å². The van der Waals surface area contributed by atoms with Crippen LogP contribution in [0.15, 0.2) is 36.4 Å². The molecule has 2 amide bonds. The molecule has 8 nitrogen and oxygen atoms in total. The molecule has 0 radical (unpaired) electrons. The fraction of sp³-hybridized carbons (Fsp3) is 0.133. The largest absolute Gasteiger partial charge is 0.492 e. The van der Waals surface area contributed by atoms with Gasteiger partial charge in [-0.15, -0.1) is 0 Å². The van der Waals surface area contributed by atoms with E-state index in [0.717, 1.165) is 24.3 Å². The number of alkyl halides is 3. The molecule has 1 atom stereocenters. The van der Waals surface area contributed by atoms with Gasteiger partial charge in [-0.3, -0.25) is 15.4 Å². The first-order valence-electron chi connectivity index (χ1n) is 7.28.